The number of halogens is 1. The van der Waals surface area contributed by atoms with Crippen molar-refractivity contribution in [3.05, 3.63) is 60.2 Å². The molecule has 1 aliphatic heterocycles. The average molecular weight is 539 g/mol. The van der Waals surface area contributed by atoms with Crippen molar-refractivity contribution < 1.29 is 14.2 Å². The van der Waals surface area contributed by atoms with E-state index in [2.05, 4.69) is 17.6 Å². The number of benzene rings is 2. The SMILES string of the molecule is CCNC(=NCc1ccccc1Oc1ccccc1)NCCCOCC1CCOC1.I. The fraction of sp³-hybridized carbons (Fsp3) is 0.458. The monoisotopic (exact) mass is 539 g/mol. The fourth-order valence-electron chi connectivity index (χ4n) is 3.20. The molecule has 1 fully saturated rings. The smallest absolute Gasteiger partial charge is 0.191 e. The minimum Gasteiger partial charge on any atom is -0.457 e. The number of ether oxygens (including phenoxy) is 3. The van der Waals surface area contributed by atoms with E-state index in [1.807, 2.05) is 54.6 Å². The Kier molecular flexibility index (Phi) is 12.3. The van der Waals surface area contributed by atoms with Crippen molar-refractivity contribution in [1.29, 1.82) is 0 Å². The van der Waals surface area contributed by atoms with Crippen LogP contribution in [-0.2, 0) is 16.0 Å². The molecule has 0 amide bonds. The van der Waals surface area contributed by atoms with Gasteiger partial charge in [0.25, 0.3) is 0 Å². The molecule has 0 aromatic heterocycles. The number of rotatable bonds is 11. The van der Waals surface area contributed by atoms with E-state index in [1.54, 1.807) is 0 Å². The summed E-state index contributed by atoms with van der Waals surface area (Å²) in [5.74, 6) is 3.02. The highest BCUT2D eigenvalue weighted by atomic mass is 127. The van der Waals surface area contributed by atoms with E-state index >= 15 is 0 Å². The lowest BCUT2D eigenvalue weighted by atomic mass is 10.1. The quantitative estimate of drug-likeness (QED) is 0.189. The number of nitrogens with one attached hydrogen (secondary N) is 2. The maximum Gasteiger partial charge on any atom is 0.191 e. The van der Waals surface area contributed by atoms with Gasteiger partial charge in [-0.1, -0.05) is 36.4 Å². The number of para-hydroxylation sites is 2. The van der Waals surface area contributed by atoms with Gasteiger partial charge in [-0.05, 0) is 38.0 Å². The topological polar surface area (TPSA) is 64.1 Å². The van der Waals surface area contributed by atoms with Crippen molar-refractivity contribution in [3.63, 3.8) is 0 Å². The van der Waals surface area contributed by atoms with Crippen LogP contribution in [0.1, 0.15) is 25.3 Å². The number of hydrogen-bond donors (Lipinski definition) is 2. The van der Waals surface area contributed by atoms with Gasteiger partial charge in [-0.15, -0.1) is 24.0 Å². The van der Waals surface area contributed by atoms with Gasteiger partial charge in [-0.3, -0.25) is 0 Å². The highest BCUT2D eigenvalue weighted by Gasteiger charge is 2.15. The molecular formula is C24H34IN3O3. The second kappa shape index (κ2) is 15.0. The van der Waals surface area contributed by atoms with Crippen LogP contribution < -0.4 is 15.4 Å². The third-order valence-electron chi connectivity index (χ3n) is 4.83. The number of nitrogens with zero attached hydrogens (tertiary/aromatic N) is 1. The van der Waals surface area contributed by atoms with Gasteiger partial charge in [0.2, 0.25) is 0 Å². The Hall–Kier alpha value is -1.84. The summed E-state index contributed by atoms with van der Waals surface area (Å²) in [6, 6.07) is 17.8. The number of guanidine groups is 1. The second-order valence-electron chi connectivity index (χ2n) is 7.30. The molecule has 7 heteroatoms. The summed E-state index contributed by atoms with van der Waals surface area (Å²) in [7, 11) is 0. The molecule has 170 valence electrons. The lowest BCUT2D eigenvalue weighted by Gasteiger charge is -2.13. The average Bonchev–Trinajstić information content (AvgIpc) is 3.29. The first-order valence-electron chi connectivity index (χ1n) is 10.8. The first-order valence-corrected chi connectivity index (χ1v) is 10.8. The third-order valence-corrected chi connectivity index (χ3v) is 4.83. The van der Waals surface area contributed by atoms with E-state index in [-0.39, 0.29) is 24.0 Å². The molecule has 1 unspecified atom stereocenters. The van der Waals surface area contributed by atoms with Gasteiger partial charge in [-0.2, -0.15) is 0 Å². The van der Waals surface area contributed by atoms with Crippen LogP contribution in [0, 0.1) is 5.92 Å². The van der Waals surface area contributed by atoms with Crippen molar-refractivity contribution in [2.45, 2.75) is 26.3 Å². The first kappa shape index (κ1) is 25.4. The summed E-state index contributed by atoms with van der Waals surface area (Å²) < 4.78 is 17.2. The molecule has 0 bridgehead atoms. The lowest BCUT2D eigenvalue weighted by Crippen LogP contribution is -2.38. The van der Waals surface area contributed by atoms with E-state index in [0.717, 1.165) is 75.4 Å². The molecule has 6 nitrogen and oxygen atoms in total. The summed E-state index contributed by atoms with van der Waals surface area (Å²) in [5.41, 5.74) is 1.04. The summed E-state index contributed by atoms with van der Waals surface area (Å²) in [5, 5.41) is 6.68. The molecule has 31 heavy (non-hydrogen) atoms. The Morgan fingerprint density at radius 2 is 1.90 bits per heavy atom. The van der Waals surface area contributed by atoms with E-state index in [0.29, 0.717) is 12.5 Å². The molecule has 1 heterocycles. The van der Waals surface area contributed by atoms with Gasteiger partial charge in [0.1, 0.15) is 11.5 Å². The zero-order chi connectivity index (χ0) is 20.9. The van der Waals surface area contributed by atoms with Crippen molar-refractivity contribution in [1.82, 2.24) is 10.6 Å². The van der Waals surface area contributed by atoms with Gasteiger partial charge in [0.05, 0.1) is 19.8 Å². The van der Waals surface area contributed by atoms with Gasteiger partial charge in [0, 0.05) is 37.8 Å². The van der Waals surface area contributed by atoms with Crippen LogP contribution >= 0.6 is 24.0 Å². The third kappa shape index (κ3) is 9.45. The second-order valence-corrected chi connectivity index (χ2v) is 7.30. The summed E-state index contributed by atoms with van der Waals surface area (Å²) in [4.78, 5) is 4.72. The first-order chi connectivity index (χ1) is 14.8. The zero-order valence-corrected chi connectivity index (χ0v) is 20.5. The molecule has 2 aromatic carbocycles. The molecule has 2 aromatic rings. The molecule has 0 radical (unpaired) electrons. The lowest BCUT2D eigenvalue weighted by molar-refractivity contribution is 0.0888. The molecule has 1 aliphatic rings. The van der Waals surface area contributed by atoms with Crippen LogP contribution in [0.5, 0.6) is 11.5 Å². The minimum atomic E-state index is 0. The highest BCUT2D eigenvalue weighted by molar-refractivity contribution is 14.0. The standard InChI is InChI=1S/C24H33N3O3.HI/c1-2-25-24(26-14-8-15-28-18-20-13-16-29-19-20)27-17-21-9-6-7-12-23(21)30-22-10-4-3-5-11-22;/h3-7,9-12,20H,2,8,13-19H2,1H3,(H2,25,26,27);1H. The van der Waals surface area contributed by atoms with Crippen LogP contribution in [-0.4, -0.2) is 45.5 Å². The molecule has 0 aliphatic carbocycles. The molecule has 3 rings (SSSR count). The molecule has 0 spiro atoms. The maximum atomic E-state index is 6.03. The summed E-state index contributed by atoms with van der Waals surface area (Å²) in [6.45, 7) is 7.49. The largest absolute Gasteiger partial charge is 0.457 e. The van der Waals surface area contributed by atoms with Crippen molar-refractivity contribution >= 4 is 29.9 Å². The molecule has 0 saturated carbocycles. The molecule has 1 atom stereocenters. The zero-order valence-electron chi connectivity index (χ0n) is 18.2. The van der Waals surface area contributed by atoms with Gasteiger partial charge >= 0.3 is 0 Å². The Labute approximate surface area is 202 Å². The van der Waals surface area contributed by atoms with Gasteiger partial charge in [0.15, 0.2) is 5.96 Å². The molecular weight excluding hydrogens is 505 g/mol. The van der Waals surface area contributed by atoms with Crippen LogP contribution in [0.2, 0.25) is 0 Å². The minimum absolute atomic E-state index is 0. The Morgan fingerprint density at radius 3 is 2.68 bits per heavy atom. The van der Waals surface area contributed by atoms with Crippen LogP contribution in [0.4, 0.5) is 0 Å². The Balaban J connectivity index is 0.00000341. The molecule has 2 N–H and O–H groups in total. The Morgan fingerprint density at radius 1 is 1.10 bits per heavy atom. The molecule has 1 saturated heterocycles. The van der Waals surface area contributed by atoms with Crippen LogP contribution in [0.25, 0.3) is 0 Å². The van der Waals surface area contributed by atoms with Crippen LogP contribution in [0.3, 0.4) is 0 Å². The number of aliphatic imine (C=N–C) groups is 1. The van der Waals surface area contributed by atoms with E-state index in [1.165, 1.54) is 0 Å². The van der Waals surface area contributed by atoms with Crippen LogP contribution in [0.15, 0.2) is 59.6 Å². The normalized spacial score (nSPS) is 15.9. The predicted molar refractivity (Wildman–Crippen MR) is 136 cm³/mol. The van der Waals surface area contributed by atoms with Crippen molar-refractivity contribution in [2.24, 2.45) is 10.9 Å². The van der Waals surface area contributed by atoms with Crippen molar-refractivity contribution in [3.8, 4) is 11.5 Å². The van der Waals surface area contributed by atoms with Crippen molar-refractivity contribution in [2.75, 3.05) is 39.5 Å². The number of hydrogen-bond acceptors (Lipinski definition) is 4. The summed E-state index contributed by atoms with van der Waals surface area (Å²) in [6.07, 6.45) is 2.05. The van der Waals surface area contributed by atoms with E-state index in [9.17, 15) is 0 Å². The Bertz CT molecular complexity index is 768. The van der Waals surface area contributed by atoms with E-state index < -0.39 is 0 Å². The van der Waals surface area contributed by atoms with E-state index in [4.69, 9.17) is 19.2 Å². The fourth-order valence-corrected chi connectivity index (χ4v) is 3.20. The van der Waals surface area contributed by atoms with Gasteiger partial charge < -0.3 is 24.8 Å². The summed E-state index contributed by atoms with van der Waals surface area (Å²) >= 11 is 0. The maximum absolute atomic E-state index is 6.03. The van der Waals surface area contributed by atoms with Gasteiger partial charge in [-0.25, -0.2) is 4.99 Å². The predicted octanol–water partition coefficient (Wildman–Crippen LogP) is 4.60. The highest BCUT2D eigenvalue weighted by Crippen LogP contribution is 2.25.